The van der Waals surface area contributed by atoms with Crippen molar-refractivity contribution in [2.24, 2.45) is 5.92 Å². The Morgan fingerprint density at radius 2 is 2.25 bits per heavy atom. The first-order valence-electron chi connectivity index (χ1n) is 5.84. The Bertz CT molecular complexity index is 371. The first kappa shape index (κ1) is 12.9. The van der Waals surface area contributed by atoms with Gasteiger partial charge in [-0.2, -0.15) is 5.10 Å². The molecule has 0 amide bonds. The number of nitrogens with one attached hydrogen (secondary N) is 1. The predicted molar refractivity (Wildman–Crippen MR) is 65.6 cm³/mol. The topological polar surface area (TPSA) is 46.9 Å². The van der Waals surface area contributed by atoms with Crippen LogP contribution in [0.2, 0.25) is 0 Å². The highest BCUT2D eigenvalue weighted by Crippen LogP contribution is 1.90. The minimum absolute atomic E-state index is 0.0103. The van der Waals surface area contributed by atoms with E-state index in [1.54, 1.807) is 12.3 Å². The van der Waals surface area contributed by atoms with E-state index in [-0.39, 0.29) is 5.56 Å². The van der Waals surface area contributed by atoms with Gasteiger partial charge in [0.15, 0.2) is 0 Å². The van der Waals surface area contributed by atoms with Crippen LogP contribution in [0.25, 0.3) is 0 Å². The fourth-order valence-electron chi connectivity index (χ4n) is 1.44. The molecule has 0 saturated carbocycles. The predicted octanol–water partition coefficient (Wildman–Crippen LogP) is 1.19. The van der Waals surface area contributed by atoms with Crippen LogP contribution in [0.3, 0.4) is 0 Å². The molecule has 16 heavy (non-hydrogen) atoms. The molecule has 0 atom stereocenters. The highest BCUT2D eigenvalue weighted by Gasteiger charge is 1.97. The first-order valence-corrected chi connectivity index (χ1v) is 5.84. The van der Waals surface area contributed by atoms with Crippen molar-refractivity contribution in [3.05, 3.63) is 28.2 Å². The summed E-state index contributed by atoms with van der Waals surface area (Å²) in [5.41, 5.74) is 0.906. The smallest absolute Gasteiger partial charge is 0.266 e. The Balaban J connectivity index is 2.30. The molecular weight excluding hydrogens is 202 g/mol. The average molecular weight is 223 g/mol. The van der Waals surface area contributed by atoms with Crippen molar-refractivity contribution >= 4 is 0 Å². The number of hydrogen-bond donors (Lipinski definition) is 1. The van der Waals surface area contributed by atoms with Gasteiger partial charge in [0, 0.05) is 12.6 Å². The van der Waals surface area contributed by atoms with Gasteiger partial charge in [0.05, 0.1) is 6.20 Å². The molecule has 1 N–H and O–H groups in total. The molecule has 1 heterocycles. The Kier molecular flexibility index (Phi) is 5.19. The van der Waals surface area contributed by atoms with Crippen LogP contribution < -0.4 is 10.9 Å². The minimum atomic E-state index is -0.0103. The third-order valence-corrected chi connectivity index (χ3v) is 2.28. The van der Waals surface area contributed by atoms with E-state index >= 15 is 0 Å². The molecular formula is C12H21N3O. The Morgan fingerprint density at radius 3 is 2.88 bits per heavy atom. The van der Waals surface area contributed by atoms with Crippen molar-refractivity contribution in [1.29, 1.82) is 0 Å². The lowest BCUT2D eigenvalue weighted by Gasteiger charge is -2.07. The molecule has 90 valence electrons. The Labute approximate surface area is 96.7 Å². The van der Waals surface area contributed by atoms with Crippen molar-refractivity contribution in [3.8, 4) is 0 Å². The van der Waals surface area contributed by atoms with Crippen molar-refractivity contribution in [1.82, 2.24) is 15.1 Å². The van der Waals surface area contributed by atoms with E-state index in [0.29, 0.717) is 12.5 Å². The second kappa shape index (κ2) is 6.43. The summed E-state index contributed by atoms with van der Waals surface area (Å²) in [6.45, 7) is 8.88. The molecule has 0 aliphatic carbocycles. The van der Waals surface area contributed by atoms with Crippen LogP contribution in [0.1, 0.15) is 25.8 Å². The molecule has 0 radical (unpaired) electrons. The summed E-state index contributed by atoms with van der Waals surface area (Å²) >= 11 is 0. The van der Waals surface area contributed by atoms with Crippen LogP contribution in [0.15, 0.2) is 17.1 Å². The minimum Gasteiger partial charge on any atom is -0.316 e. The number of nitrogens with zero attached hydrogens (tertiary/aromatic N) is 2. The molecule has 0 fully saturated rings. The molecule has 1 aromatic heterocycles. The fraction of sp³-hybridized carbons (Fsp3) is 0.667. The standard InChI is InChI=1S/C12H21N3O/c1-10(2)8-13-5-4-6-15-12(16)7-11(3)9-14-15/h7,9-10,13H,4-6,8H2,1-3H3. The highest BCUT2D eigenvalue weighted by atomic mass is 16.1. The normalized spacial score (nSPS) is 11.0. The van der Waals surface area contributed by atoms with Gasteiger partial charge >= 0.3 is 0 Å². The monoisotopic (exact) mass is 223 g/mol. The van der Waals surface area contributed by atoms with E-state index in [4.69, 9.17) is 0 Å². The summed E-state index contributed by atoms with van der Waals surface area (Å²) in [4.78, 5) is 11.5. The molecule has 0 bridgehead atoms. The number of rotatable bonds is 6. The Hall–Kier alpha value is -1.16. The maximum Gasteiger partial charge on any atom is 0.266 e. The number of hydrogen-bond acceptors (Lipinski definition) is 3. The quantitative estimate of drug-likeness (QED) is 0.737. The molecule has 0 aromatic carbocycles. The van der Waals surface area contributed by atoms with Gasteiger partial charge in [-0.25, -0.2) is 4.68 Å². The van der Waals surface area contributed by atoms with Gasteiger partial charge in [-0.1, -0.05) is 13.8 Å². The molecule has 0 spiro atoms. The van der Waals surface area contributed by atoms with E-state index in [9.17, 15) is 4.79 Å². The maximum atomic E-state index is 11.5. The van der Waals surface area contributed by atoms with Crippen LogP contribution in [-0.2, 0) is 6.54 Å². The van der Waals surface area contributed by atoms with Crippen LogP contribution >= 0.6 is 0 Å². The summed E-state index contributed by atoms with van der Waals surface area (Å²) in [7, 11) is 0. The van der Waals surface area contributed by atoms with Crippen LogP contribution in [0.5, 0.6) is 0 Å². The van der Waals surface area contributed by atoms with Gasteiger partial charge in [-0.3, -0.25) is 4.79 Å². The first-order chi connectivity index (χ1) is 7.59. The summed E-state index contributed by atoms with van der Waals surface area (Å²) < 4.78 is 1.52. The third kappa shape index (κ3) is 4.57. The fourth-order valence-corrected chi connectivity index (χ4v) is 1.44. The zero-order valence-corrected chi connectivity index (χ0v) is 10.4. The molecule has 0 aliphatic rings. The molecule has 0 saturated heterocycles. The molecule has 0 aliphatic heterocycles. The van der Waals surface area contributed by atoms with E-state index in [2.05, 4.69) is 24.3 Å². The lowest BCUT2D eigenvalue weighted by Crippen LogP contribution is -2.26. The summed E-state index contributed by atoms with van der Waals surface area (Å²) in [6.07, 6.45) is 2.66. The molecule has 4 nitrogen and oxygen atoms in total. The Morgan fingerprint density at radius 1 is 1.50 bits per heavy atom. The van der Waals surface area contributed by atoms with E-state index in [0.717, 1.165) is 25.1 Å². The molecule has 0 unspecified atom stereocenters. The number of aryl methyl sites for hydroxylation is 2. The summed E-state index contributed by atoms with van der Waals surface area (Å²) in [5.74, 6) is 0.667. The zero-order valence-electron chi connectivity index (χ0n) is 10.4. The second-order valence-electron chi connectivity index (χ2n) is 4.55. The van der Waals surface area contributed by atoms with Crippen LogP contribution in [-0.4, -0.2) is 22.9 Å². The average Bonchev–Trinajstić information content (AvgIpc) is 2.20. The van der Waals surface area contributed by atoms with Crippen molar-refractivity contribution in [3.63, 3.8) is 0 Å². The lowest BCUT2D eigenvalue weighted by molar-refractivity contribution is 0.494. The van der Waals surface area contributed by atoms with Crippen LogP contribution in [0, 0.1) is 12.8 Å². The highest BCUT2D eigenvalue weighted by molar-refractivity contribution is 5.02. The zero-order chi connectivity index (χ0) is 12.0. The van der Waals surface area contributed by atoms with Gasteiger partial charge in [-0.15, -0.1) is 0 Å². The van der Waals surface area contributed by atoms with E-state index in [1.165, 1.54) is 4.68 Å². The van der Waals surface area contributed by atoms with Gasteiger partial charge < -0.3 is 5.32 Å². The van der Waals surface area contributed by atoms with Crippen molar-refractivity contribution in [2.75, 3.05) is 13.1 Å². The van der Waals surface area contributed by atoms with Gasteiger partial charge in [0.2, 0.25) is 0 Å². The van der Waals surface area contributed by atoms with Crippen molar-refractivity contribution in [2.45, 2.75) is 33.7 Å². The van der Waals surface area contributed by atoms with E-state index < -0.39 is 0 Å². The maximum absolute atomic E-state index is 11.5. The van der Waals surface area contributed by atoms with Gasteiger partial charge in [0.1, 0.15) is 0 Å². The molecule has 4 heteroatoms. The SMILES string of the molecule is Cc1cnn(CCCNCC(C)C)c(=O)c1. The van der Waals surface area contributed by atoms with Gasteiger partial charge in [-0.05, 0) is 37.9 Å². The van der Waals surface area contributed by atoms with E-state index in [1.807, 2.05) is 6.92 Å². The van der Waals surface area contributed by atoms with Crippen molar-refractivity contribution < 1.29 is 0 Å². The largest absolute Gasteiger partial charge is 0.316 e. The third-order valence-electron chi connectivity index (χ3n) is 2.28. The molecule has 1 rings (SSSR count). The lowest BCUT2D eigenvalue weighted by atomic mass is 10.2. The van der Waals surface area contributed by atoms with Crippen LogP contribution in [0.4, 0.5) is 0 Å². The second-order valence-corrected chi connectivity index (χ2v) is 4.55. The summed E-state index contributed by atoms with van der Waals surface area (Å²) in [6, 6.07) is 1.62. The summed E-state index contributed by atoms with van der Waals surface area (Å²) in [5, 5.41) is 7.43. The van der Waals surface area contributed by atoms with Gasteiger partial charge in [0.25, 0.3) is 5.56 Å². The molecule has 1 aromatic rings. The number of aromatic nitrogens is 2.